The molecule has 110 valence electrons. The molecule has 3 rings (SSSR count). The van der Waals surface area contributed by atoms with Crippen molar-refractivity contribution in [1.29, 1.82) is 0 Å². The second-order valence-corrected chi connectivity index (χ2v) is 5.83. The number of hydrogen-bond acceptors (Lipinski definition) is 2. The third-order valence-electron chi connectivity index (χ3n) is 4.33. The maximum Gasteiger partial charge on any atom is 0.123 e. The Morgan fingerprint density at radius 2 is 1.95 bits per heavy atom. The van der Waals surface area contributed by atoms with Crippen molar-refractivity contribution in [1.82, 2.24) is 5.32 Å². The van der Waals surface area contributed by atoms with Gasteiger partial charge in [-0.1, -0.05) is 42.0 Å². The summed E-state index contributed by atoms with van der Waals surface area (Å²) in [6.07, 6.45) is 3.56. The molecule has 0 aromatic heterocycles. The number of hydrogen-bond donors (Lipinski definition) is 1. The highest BCUT2D eigenvalue weighted by Crippen LogP contribution is 2.35. The van der Waals surface area contributed by atoms with Crippen LogP contribution in [0.3, 0.4) is 0 Å². The summed E-state index contributed by atoms with van der Waals surface area (Å²) >= 11 is 0. The maximum atomic E-state index is 6.10. The first-order valence-corrected chi connectivity index (χ1v) is 7.75. The van der Waals surface area contributed by atoms with Gasteiger partial charge in [-0.25, -0.2) is 0 Å². The van der Waals surface area contributed by atoms with Gasteiger partial charge in [0.1, 0.15) is 12.4 Å². The number of rotatable bonds is 4. The molecule has 1 aliphatic rings. The summed E-state index contributed by atoms with van der Waals surface area (Å²) < 4.78 is 6.10. The van der Waals surface area contributed by atoms with Crippen LogP contribution in [0.25, 0.3) is 0 Å². The van der Waals surface area contributed by atoms with Gasteiger partial charge in [-0.05, 0) is 56.0 Å². The largest absolute Gasteiger partial charge is 0.489 e. The van der Waals surface area contributed by atoms with Gasteiger partial charge in [-0.2, -0.15) is 0 Å². The van der Waals surface area contributed by atoms with Gasteiger partial charge in [-0.15, -0.1) is 0 Å². The van der Waals surface area contributed by atoms with Gasteiger partial charge in [0, 0.05) is 6.04 Å². The van der Waals surface area contributed by atoms with Crippen molar-refractivity contribution < 1.29 is 4.74 Å². The average molecular weight is 281 g/mol. The van der Waals surface area contributed by atoms with Crippen molar-refractivity contribution in [2.45, 2.75) is 38.8 Å². The van der Waals surface area contributed by atoms with Crippen molar-refractivity contribution in [2.24, 2.45) is 0 Å². The van der Waals surface area contributed by atoms with Crippen molar-refractivity contribution in [3.63, 3.8) is 0 Å². The van der Waals surface area contributed by atoms with Crippen LogP contribution in [0.4, 0.5) is 0 Å². The fraction of sp³-hybridized carbons (Fsp3) is 0.368. The minimum absolute atomic E-state index is 0.469. The van der Waals surface area contributed by atoms with Gasteiger partial charge in [0.15, 0.2) is 0 Å². The van der Waals surface area contributed by atoms with Gasteiger partial charge in [0.25, 0.3) is 0 Å². The molecule has 0 saturated carbocycles. The highest BCUT2D eigenvalue weighted by Gasteiger charge is 2.21. The predicted molar refractivity (Wildman–Crippen MR) is 86.7 cm³/mol. The normalized spacial score (nSPS) is 17.3. The van der Waals surface area contributed by atoms with E-state index >= 15 is 0 Å². The van der Waals surface area contributed by atoms with E-state index in [2.05, 4.69) is 54.7 Å². The van der Waals surface area contributed by atoms with Gasteiger partial charge in [-0.3, -0.25) is 0 Å². The smallest absolute Gasteiger partial charge is 0.123 e. The lowest BCUT2D eigenvalue weighted by atomic mass is 9.87. The SMILES string of the molecule is CNC1CCCc2c(OCc3ccc(C)cc3)cccc21. The van der Waals surface area contributed by atoms with Crippen molar-refractivity contribution in [3.8, 4) is 5.75 Å². The molecule has 0 saturated heterocycles. The van der Waals surface area contributed by atoms with Crippen molar-refractivity contribution in [2.75, 3.05) is 7.05 Å². The topological polar surface area (TPSA) is 21.3 Å². The van der Waals surface area contributed by atoms with E-state index in [0.29, 0.717) is 12.6 Å². The Morgan fingerprint density at radius 1 is 1.14 bits per heavy atom. The Hall–Kier alpha value is -1.80. The van der Waals surface area contributed by atoms with Crippen LogP contribution in [0, 0.1) is 6.92 Å². The number of nitrogens with one attached hydrogen (secondary N) is 1. The second kappa shape index (κ2) is 6.31. The lowest BCUT2D eigenvalue weighted by molar-refractivity contribution is 0.300. The first-order valence-electron chi connectivity index (χ1n) is 7.75. The number of ether oxygens (including phenoxy) is 1. The molecule has 1 aliphatic carbocycles. The van der Waals surface area contributed by atoms with Crippen LogP contribution in [0.1, 0.15) is 41.1 Å². The van der Waals surface area contributed by atoms with Gasteiger partial charge >= 0.3 is 0 Å². The summed E-state index contributed by atoms with van der Waals surface area (Å²) in [7, 11) is 2.04. The molecule has 0 amide bonds. The van der Waals surface area contributed by atoms with E-state index in [1.807, 2.05) is 7.05 Å². The van der Waals surface area contributed by atoms with Crippen LogP contribution in [0.15, 0.2) is 42.5 Å². The molecule has 0 bridgehead atoms. The van der Waals surface area contributed by atoms with Crippen LogP contribution in [0.2, 0.25) is 0 Å². The van der Waals surface area contributed by atoms with E-state index in [1.54, 1.807) is 0 Å². The molecule has 21 heavy (non-hydrogen) atoms. The first kappa shape index (κ1) is 14.2. The Labute approximate surface area is 127 Å². The lowest BCUT2D eigenvalue weighted by Gasteiger charge is -2.26. The van der Waals surface area contributed by atoms with E-state index in [0.717, 1.165) is 12.2 Å². The van der Waals surface area contributed by atoms with Crippen molar-refractivity contribution in [3.05, 3.63) is 64.7 Å². The molecule has 0 heterocycles. The summed E-state index contributed by atoms with van der Waals surface area (Å²) in [5.74, 6) is 1.05. The molecule has 0 aliphatic heterocycles. The summed E-state index contributed by atoms with van der Waals surface area (Å²) in [5, 5.41) is 3.41. The molecule has 2 aromatic rings. The standard InChI is InChI=1S/C19H23NO/c1-14-9-11-15(12-10-14)13-21-19-8-4-5-16-17(19)6-3-7-18(16)20-2/h4-5,8-12,18,20H,3,6-7,13H2,1-2H3. The zero-order valence-electron chi connectivity index (χ0n) is 12.9. The Kier molecular flexibility index (Phi) is 4.26. The summed E-state index contributed by atoms with van der Waals surface area (Å²) in [4.78, 5) is 0. The van der Waals surface area contributed by atoms with Crippen molar-refractivity contribution >= 4 is 0 Å². The second-order valence-electron chi connectivity index (χ2n) is 5.83. The van der Waals surface area contributed by atoms with E-state index in [1.165, 1.54) is 35.1 Å². The van der Waals surface area contributed by atoms with Gasteiger partial charge in [0.05, 0.1) is 0 Å². The van der Waals surface area contributed by atoms with Gasteiger partial charge < -0.3 is 10.1 Å². The van der Waals surface area contributed by atoms with E-state index in [-0.39, 0.29) is 0 Å². The van der Waals surface area contributed by atoms with E-state index < -0.39 is 0 Å². The predicted octanol–water partition coefficient (Wildman–Crippen LogP) is 4.17. The number of fused-ring (bicyclic) bond motifs is 1. The van der Waals surface area contributed by atoms with Gasteiger partial charge in [0.2, 0.25) is 0 Å². The van der Waals surface area contributed by atoms with Crippen LogP contribution < -0.4 is 10.1 Å². The Morgan fingerprint density at radius 3 is 2.71 bits per heavy atom. The first-order chi connectivity index (χ1) is 10.3. The molecule has 2 nitrogen and oxygen atoms in total. The quantitative estimate of drug-likeness (QED) is 0.908. The van der Waals surface area contributed by atoms with Crippen LogP contribution in [-0.2, 0) is 13.0 Å². The minimum atomic E-state index is 0.469. The minimum Gasteiger partial charge on any atom is -0.489 e. The Bertz CT molecular complexity index is 603. The third-order valence-corrected chi connectivity index (χ3v) is 4.33. The molecule has 0 spiro atoms. The average Bonchev–Trinajstić information content (AvgIpc) is 2.53. The van der Waals surface area contributed by atoms with E-state index in [4.69, 9.17) is 4.74 Å². The lowest BCUT2D eigenvalue weighted by Crippen LogP contribution is -2.22. The molecule has 0 radical (unpaired) electrons. The molecule has 1 N–H and O–H groups in total. The summed E-state index contributed by atoms with van der Waals surface area (Å²) in [6, 6.07) is 15.5. The third kappa shape index (κ3) is 3.11. The molecular weight excluding hydrogens is 258 g/mol. The summed E-state index contributed by atoms with van der Waals surface area (Å²) in [5.41, 5.74) is 5.30. The van der Waals surface area contributed by atoms with Crippen LogP contribution in [0.5, 0.6) is 5.75 Å². The molecule has 1 unspecified atom stereocenters. The molecular formula is C19H23NO. The molecule has 1 atom stereocenters. The zero-order chi connectivity index (χ0) is 14.7. The Balaban J connectivity index is 1.78. The maximum absolute atomic E-state index is 6.10. The van der Waals surface area contributed by atoms with Crippen LogP contribution >= 0.6 is 0 Å². The van der Waals surface area contributed by atoms with E-state index in [9.17, 15) is 0 Å². The zero-order valence-corrected chi connectivity index (χ0v) is 12.9. The molecule has 2 heteroatoms. The number of benzene rings is 2. The fourth-order valence-electron chi connectivity index (χ4n) is 3.10. The molecule has 0 fully saturated rings. The monoisotopic (exact) mass is 281 g/mol. The highest BCUT2D eigenvalue weighted by atomic mass is 16.5. The molecule has 2 aromatic carbocycles. The number of aryl methyl sites for hydroxylation is 1. The summed E-state index contributed by atoms with van der Waals surface area (Å²) in [6.45, 7) is 2.75. The fourth-order valence-corrected chi connectivity index (χ4v) is 3.10. The highest BCUT2D eigenvalue weighted by molar-refractivity contribution is 5.43. The van der Waals surface area contributed by atoms with Crippen LogP contribution in [-0.4, -0.2) is 7.05 Å².